The van der Waals surface area contributed by atoms with E-state index in [0.29, 0.717) is 18.2 Å². The Morgan fingerprint density at radius 1 is 1.21 bits per heavy atom. The van der Waals surface area contributed by atoms with E-state index < -0.39 is 10.0 Å². The van der Waals surface area contributed by atoms with Crippen molar-refractivity contribution >= 4 is 10.0 Å². The molecular formula is C13H26N2O3S. The Morgan fingerprint density at radius 2 is 1.95 bits per heavy atom. The van der Waals surface area contributed by atoms with Gasteiger partial charge in [0.1, 0.15) is 0 Å². The van der Waals surface area contributed by atoms with Crippen molar-refractivity contribution in [1.82, 2.24) is 9.62 Å². The predicted octanol–water partition coefficient (Wildman–Crippen LogP) is 0.674. The predicted molar refractivity (Wildman–Crippen MR) is 75.6 cm³/mol. The smallest absolute Gasteiger partial charge is 0.214 e. The van der Waals surface area contributed by atoms with Gasteiger partial charge < -0.3 is 10.1 Å². The van der Waals surface area contributed by atoms with E-state index in [9.17, 15) is 8.42 Å². The van der Waals surface area contributed by atoms with E-state index in [1.807, 2.05) is 0 Å². The number of piperidine rings is 1. The molecular weight excluding hydrogens is 264 g/mol. The van der Waals surface area contributed by atoms with E-state index in [1.165, 1.54) is 0 Å². The van der Waals surface area contributed by atoms with Crippen molar-refractivity contribution in [2.45, 2.75) is 25.7 Å². The third-order valence-corrected chi connectivity index (χ3v) is 6.17. The molecule has 2 rings (SSSR count). The lowest BCUT2D eigenvalue weighted by Crippen LogP contribution is -2.40. The number of rotatable bonds is 5. The van der Waals surface area contributed by atoms with Gasteiger partial charge in [0, 0.05) is 26.8 Å². The standard InChI is InChI=1S/C13H26N2O3S/c1-15(10-12-4-7-18-8-5-12)19(16,17)11-13-3-2-6-14-9-13/h12-14H,2-11H2,1H3. The molecule has 112 valence electrons. The molecule has 1 unspecified atom stereocenters. The van der Waals surface area contributed by atoms with Gasteiger partial charge in [-0.15, -0.1) is 0 Å². The molecule has 2 fully saturated rings. The summed E-state index contributed by atoms with van der Waals surface area (Å²) < 4.78 is 31.6. The van der Waals surface area contributed by atoms with Gasteiger partial charge in [-0.25, -0.2) is 12.7 Å². The summed E-state index contributed by atoms with van der Waals surface area (Å²) in [4.78, 5) is 0. The molecule has 19 heavy (non-hydrogen) atoms. The molecule has 1 N–H and O–H groups in total. The fourth-order valence-corrected chi connectivity index (χ4v) is 4.47. The van der Waals surface area contributed by atoms with Crippen LogP contribution in [-0.2, 0) is 14.8 Å². The molecule has 2 aliphatic heterocycles. The minimum absolute atomic E-state index is 0.274. The number of ether oxygens (including phenoxy) is 1. The van der Waals surface area contributed by atoms with Gasteiger partial charge in [-0.3, -0.25) is 0 Å². The van der Waals surface area contributed by atoms with E-state index in [0.717, 1.165) is 52.0 Å². The maximum Gasteiger partial charge on any atom is 0.214 e. The highest BCUT2D eigenvalue weighted by Crippen LogP contribution is 2.19. The molecule has 2 aliphatic rings. The van der Waals surface area contributed by atoms with Crippen molar-refractivity contribution < 1.29 is 13.2 Å². The van der Waals surface area contributed by atoms with Gasteiger partial charge in [-0.05, 0) is 50.6 Å². The molecule has 1 atom stereocenters. The zero-order chi connectivity index (χ0) is 13.7. The van der Waals surface area contributed by atoms with Gasteiger partial charge in [0.05, 0.1) is 5.75 Å². The monoisotopic (exact) mass is 290 g/mol. The summed E-state index contributed by atoms with van der Waals surface area (Å²) in [5, 5.41) is 3.28. The molecule has 0 aromatic rings. The molecule has 0 aliphatic carbocycles. The van der Waals surface area contributed by atoms with Crippen LogP contribution in [0.2, 0.25) is 0 Å². The summed E-state index contributed by atoms with van der Waals surface area (Å²) in [5.41, 5.74) is 0. The first-order valence-electron chi connectivity index (χ1n) is 7.30. The van der Waals surface area contributed by atoms with E-state index >= 15 is 0 Å². The molecule has 0 amide bonds. The Labute approximate surface area is 116 Å². The van der Waals surface area contributed by atoms with Gasteiger partial charge in [0.2, 0.25) is 10.0 Å². The molecule has 2 heterocycles. The van der Waals surface area contributed by atoms with Gasteiger partial charge >= 0.3 is 0 Å². The zero-order valence-corrected chi connectivity index (χ0v) is 12.6. The number of hydrogen-bond donors (Lipinski definition) is 1. The van der Waals surface area contributed by atoms with E-state index in [2.05, 4.69) is 5.32 Å². The van der Waals surface area contributed by atoms with Crippen molar-refractivity contribution in [1.29, 1.82) is 0 Å². The second kappa shape index (κ2) is 7.02. The molecule has 2 saturated heterocycles. The van der Waals surface area contributed by atoms with Crippen molar-refractivity contribution in [2.75, 3.05) is 45.6 Å². The zero-order valence-electron chi connectivity index (χ0n) is 11.8. The molecule has 0 aromatic carbocycles. The average molecular weight is 290 g/mol. The van der Waals surface area contributed by atoms with E-state index in [-0.39, 0.29) is 5.92 Å². The molecule has 0 bridgehead atoms. The summed E-state index contributed by atoms with van der Waals surface area (Å²) in [6, 6.07) is 0. The first-order chi connectivity index (χ1) is 9.08. The Kier molecular flexibility index (Phi) is 5.62. The third-order valence-electron chi connectivity index (χ3n) is 4.18. The fourth-order valence-electron chi connectivity index (χ4n) is 2.90. The molecule has 0 saturated carbocycles. The Balaban J connectivity index is 1.83. The van der Waals surface area contributed by atoms with Crippen molar-refractivity contribution in [3.05, 3.63) is 0 Å². The molecule has 6 heteroatoms. The van der Waals surface area contributed by atoms with Crippen LogP contribution in [0, 0.1) is 11.8 Å². The van der Waals surface area contributed by atoms with Crippen LogP contribution in [0.3, 0.4) is 0 Å². The second-order valence-electron chi connectivity index (χ2n) is 5.83. The Morgan fingerprint density at radius 3 is 2.58 bits per heavy atom. The number of nitrogens with one attached hydrogen (secondary N) is 1. The topological polar surface area (TPSA) is 58.6 Å². The lowest BCUT2D eigenvalue weighted by atomic mass is 10.0. The van der Waals surface area contributed by atoms with Crippen LogP contribution in [0.5, 0.6) is 0 Å². The SMILES string of the molecule is CN(CC1CCOCC1)S(=O)(=O)CC1CCCNC1. The fraction of sp³-hybridized carbons (Fsp3) is 1.00. The first kappa shape index (κ1) is 15.2. The van der Waals surface area contributed by atoms with Gasteiger partial charge in [-0.1, -0.05) is 0 Å². The first-order valence-corrected chi connectivity index (χ1v) is 8.91. The van der Waals surface area contributed by atoms with Crippen molar-refractivity contribution in [2.24, 2.45) is 11.8 Å². The van der Waals surface area contributed by atoms with E-state index in [4.69, 9.17) is 4.74 Å². The highest BCUT2D eigenvalue weighted by molar-refractivity contribution is 7.89. The van der Waals surface area contributed by atoms with Gasteiger partial charge in [0.25, 0.3) is 0 Å². The maximum absolute atomic E-state index is 12.3. The van der Waals surface area contributed by atoms with Crippen molar-refractivity contribution in [3.63, 3.8) is 0 Å². The highest BCUT2D eigenvalue weighted by Gasteiger charge is 2.27. The summed E-state index contributed by atoms with van der Waals surface area (Å²) in [5.74, 6) is 1.02. The molecule has 0 spiro atoms. The van der Waals surface area contributed by atoms with Crippen LogP contribution in [-0.4, -0.2) is 58.4 Å². The van der Waals surface area contributed by atoms with Crippen LogP contribution in [0.1, 0.15) is 25.7 Å². The maximum atomic E-state index is 12.3. The van der Waals surface area contributed by atoms with Crippen LogP contribution in [0.15, 0.2) is 0 Å². The molecule has 0 radical (unpaired) electrons. The Hall–Kier alpha value is -0.170. The summed E-state index contributed by atoms with van der Waals surface area (Å²) in [7, 11) is -1.38. The summed E-state index contributed by atoms with van der Waals surface area (Å²) in [6.07, 6.45) is 4.07. The largest absolute Gasteiger partial charge is 0.381 e. The van der Waals surface area contributed by atoms with E-state index in [1.54, 1.807) is 11.4 Å². The molecule has 0 aromatic heterocycles. The van der Waals surface area contributed by atoms with Crippen LogP contribution < -0.4 is 5.32 Å². The van der Waals surface area contributed by atoms with Gasteiger partial charge in [-0.2, -0.15) is 0 Å². The third kappa shape index (κ3) is 4.70. The average Bonchev–Trinajstić information content (AvgIpc) is 2.40. The number of nitrogens with zero attached hydrogens (tertiary/aromatic N) is 1. The quantitative estimate of drug-likeness (QED) is 0.809. The van der Waals surface area contributed by atoms with Gasteiger partial charge in [0.15, 0.2) is 0 Å². The summed E-state index contributed by atoms with van der Waals surface area (Å²) in [6.45, 7) is 4.04. The van der Waals surface area contributed by atoms with Crippen LogP contribution in [0.25, 0.3) is 0 Å². The lowest BCUT2D eigenvalue weighted by Gasteiger charge is -2.29. The van der Waals surface area contributed by atoms with Crippen LogP contribution >= 0.6 is 0 Å². The minimum Gasteiger partial charge on any atom is -0.381 e. The molecule has 5 nitrogen and oxygen atoms in total. The van der Waals surface area contributed by atoms with Crippen molar-refractivity contribution in [3.8, 4) is 0 Å². The Bertz CT molecular complexity index is 360. The summed E-state index contributed by atoms with van der Waals surface area (Å²) >= 11 is 0. The lowest BCUT2D eigenvalue weighted by molar-refractivity contribution is 0.0620. The minimum atomic E-state index is -3.11. The second-order valence-corrected chi connectivity index (χ2v) is 7.95. The number of sulfonamides is 1. The highest BCUT2D eigenvalue weighted by atomic mass is 32.2. The number of hydrogen-bond acceptors (Lipinski definition) is 4. The normalized spacial score (nSPS) is 26.7. The van der Waals surface area contributed by atoms with Crippen LogP contribution in [0.4, 0.5) is 0 Å².